The molecule has 2 unspecified atom stereocenters. The molecule has 7 nitrogen and oxygen atoms in total. The van der Waals surface area contributed by atoms with E-state index in [1.807, 2.05) is 32.0 Å². The second kappa shape index (κ2) is 9.67. The Kier molecular flexibility index (Phi) is 6.70. The molecule has 0 radical (unpaired) electrons. The second-order valence-electron chi connectivity index (χ2n) is 8.52. The zero-order valence-corrected chi connectivity index (χ0v) is 19.1. The maximum Gasteiger partial charge on any atom is 0.295 e. The van der Waals surface area contributed by atoms with Gasteiger partial charge >= 0.3 is 0 Å². The molecule has 2 aromatic carbocycles. The molecule has 2 heterocycles. The highest BCUT2D eigenvalue weighted by molar-refractivity contribution is 6.46. The first kappa shape index (κ1) is 22.9. The van der Waals surface area contributed by atoms with Gasteiger partial charge in [0.2, 0.25) is 0 Å². The fourth-order valence-corrected chi connectivity index (χ4v) is 4.44. The summed E-state index contributed by atoms with van der Waals surface area (Å²) >= 11 is 0. The lowest BCUT2D eigenvalue weighted by molar-refractivity contribution is -0.140. The van der Waals surface area contributed by atoms with Crippen LogP contribution in [-0.4, -0.2) is 54.2 Å². The van der Waals surface area contributed by atoms with Crippen LogP contribution in [-0.2, 0) is 14.3 Å². The lowest BCUT2D eigenvalue weighted by Gasteiger charge is -2.28. The number of benzene rings is 2. The van der Waals surface area contributed by atoms with Gasteiger partial charge in [0.15, 0.2) is 0 Å². The summed E-state index contributed by atoms with van der Waals surface area (Å²) in [6, 6.07) is 13.3. The number of methoxy groups -OCH3 is 1. The van der Waals surface area contributed by atoms with Crippen molar-refractivity contribution in [1.82, 2.24) is 4.90 Å². The van der Waals surface area contributed by atoms with E-state index in [0.717, 1.165) is 12.8 Å². The summed E-state index contributed by atoms with van der Waals surface area (Å²) < 4.78 is 17.0. The first-order valence-corrected chi connectivity index (χ1v) is 11.2. The Hall–Kier alpha value is -3.32. The summed E-state index contributed by atoms with van der Waals surface area (Å²) in [6.45, 7) is 4.72. The van der Waals surface area contributed by atoms with Gasteiger partial charge in [-0.15, -0.1) is 0 Å². The van der Waals surface area contributed by atoms with Gasteiger partial charge in [-0.1, -0.05) is 30.3 Å². The number of hydrogen-bond acceptors (Lipinski definition) is 6. The number of ketones is 1. The number of carbonyl (C=O) groups excluding carboxylic acids is 2. The zero-order chi connectivity index (χ0) is 23.5. The number of aliphatic hydroxyl groups excluding tert-OH is 1. The van der Waals surface area contributed by atoms with Gasteiger partial charge in [-0.2, -0.15) is 0 Å². The minimum atomic E-state index is -0.792. The molecule has 0 saturated carbocycles. The van der Waals surface area contributed by atoms with Gasteiger partial charge in [0, 0.05) is 24.3 Å². The van der Waals surface area contributed by atoms with Gasteiger partial charge in [0.05, 0.1) is 30.9 Å². The number of likely N-dealkylation sites (tertiary alicyclic amines) is 1. The maximum absolute atomic E-state index is 13.2. The number of para-hydroxylation sites is 1. The Balaban J connectivity index is 1.83. The summed E-state index contributed by atoms with van der Waals surface area (Å²) in [5, 5.41) is 11.3. The Morgan fingerprint density at radius 3 is 2.67 bits per heavy atom. The largest absolute Gasteiger partial charge is 0.507 e. The SMILES string of the molecule is COc1ccccc1C1/C(=C(\O)c2cccc(OC(C)C)c2)C(=O)C(=O)N1CC1CCCO1. The zero-order valence-electron chi connectivity index (χ0n) is 19.1. The Morgan fingerprint density at radius 1 is 1.18 bits per heavy atom. The molecule has 2 aromatic rings. The van der Waals surface area contributed by atoms with Crippen LogP contribution in [0.5, 0.6) is 11.5 Å². The van der Waals surface area contributed by atoms with Crippen LogP contribution in [0.15, 0.2) is 54.1 Å². The van der Waals surface area contributed by atoms with E-state index < -0.39 is 17.7 Å². The Labute approximate surface area is 193 Å². The van der Waals surface area contributed by atoms with E-state index in [1.165, 1.54) is 12.0 Å². The normalized spacial score (nSPS) is 22.2. The Morgan fingerprint density at radius 2 is 1.97 bits per heavy atom. The van der Waals surface area contributed by atoms with Crippen molar-refractivity contribution in [2.24, 2.45) is 0 Å². The highest BCUT2D eigenvalue weighted by atomic mass is 16.5. The first-order chi connectivity index (χ1) is 15.9. The topological polar surface area (TPSA) is 85.3 Å². The van der Waals surface area contributed by atoms with Gasteiger partial charge in [0.25, 0.3) is 11.7 Å². The smallest absolute Gasteiger partial charge is 0.295 e. The molecule has 2 aliphatic heterocycles. The average molecular weight is 452 g/mol. The number of hydrogen-bond donors (Lipinski definition) is 1. The van der Waals surface area contributed by atoms with E-state index in [0.29, 0.717) is 29.2 Å². The molecular formula is C26H29NO6. The summed E-state index contributed by atoms with van der Waals surface area (Å²) in [7, 11) is 1.54. The molecule has 4 rings (SSSR count). The lowest BCUT2D eigenvalue weighted by Crippen LogP contribution is -2.36. The number of nitrogens with zero attached hydrogens (tertiary/aromatic N) is 1. The average Bonchev–Trinajstić information content (AvgIpc) is 3.41. The van der Waals surface area contributed by atoms with Gasteiger partial charge in [-0.05, 0) is 44.9 Å². The molecule has 2 saturated heterocycles. The lowest BCUT2D eigenvalue weighted by atomic mass is 9.94. The van der Waals surface area contributed by atoms with Crippen LogP contribution in [0, 0.1) is 0 Å². The highest BCUT2D eigenvalue weighted by Crippen LogP contribution is 2.43. The van der Waals surface area contributed by atoms with E-state index in [2.05, 4.69) is 0 Å². The minimum absolute atomic E-state index is 0.0317. The van der Waals surface area contributed by atoms with Gasteiger partial charge in [0.1, 0.15) is 17.3 Å². The third-order valence-electron chi connectivity index (χ3n) is 5.88. The van der Waals surface area contributed by atoms with E-state index in [4.69, 9.17) is 14.2 Å². The third kappa shape index (κ3) is 4.59. The number of aliphatic hydroxyl groups is 1. The van der Waals surface area contributed by atoms with Crippen molar-refractivity contribution in [1.29, 1.82) is 0 Å². The Bertz CT molecular complexity index is 1070. The molecule has 0 bridgehead atoms. The van der Waals surface area contributed by atoms with Gasteiger partial charge < -0.3 is 24.2 Å². The standard InChI is InChI=1S/C26H29NO6/c1-16(2)33-18-9-6-8-17(14-18)24(28)22-23(20-11-4-5-12-21(20)31-3)27(26(30)25(22)29)15-19-10-7-13-32-19/h4-6,8-9,11-12,14,16,19,23,28H,7,10,13,15H2,1-3H3/b24-22+. The predicted molar refractivity (Wildman–Crippen MR) is 123 cm³/mol. The van der Waals surface area contributed by atoms with Gasteiger partial charge in [-0.25, -0.2) is 0 Å². The fourth-order valence-electron chi connectivity index (χ4n) is 4.44. The monoisotopic (exact) mass is 451 g/mol. The molecule has 33 heavy (non-hydrogen) atoms. The molecule has 2 atom stereocenters. The van der Waals surface area contributed by atoms with E-state index in [1.54, 1.807) is 30.3 Å². The summed E-state index contributed by atoms with van der Waals surface area (Å²) in [5.41, 5.74) is 1.07. The molecule has 7 heteroatoms. The quantitative estimate of drug-likeness (QED) is 0.388. The molecular weight excluding hydrogens is 422 g/mol. The minimum Gasteiger partial charge on any atom is -0.507 e. The molecule has 2 aliphatic rings. The number of rotatable bonds is 7. The van der Waals surface area contributed by atoms with Gasteiger partial charge in [-0.3, -0.25) is 9.59 Å². The number of amides is 1. The maximum atomic E-state index is 13.2. The summed E-state index contributed by atoms with van der Waals surface area (Å²) in [5.74, 6) is -0.525. The van der Waals surface area contributed by atoms with Crippen LogP contribution in [0.1, 0.15) is 43.9 Å². The van der Waals surface area contributed by atoms with Crippen molar-refractivity contribution in [2.45, 2.75) is 44.9 Å². The summed E-state index contributed by atoms with van der Waals surface area (Å²) in [4.78, 5) is 27.9. The van der Waals surface area contributed by atoms with Crippen molar-refractivity contribution in [3.05, 3.63) is 65.2 Å². The van der Waals surface area contributed by atoms with Crippen LogP contribution in [0.25, 0.3) is 5.76 Å². The molecule has 1 amide bonds. The van der Waals surface area contributed by atoms with Crippen LogP contribution in [0.3, 0.4) is 0 Å². The fraction of sp³-hybridized carbons (Fsp3) is 0.385. The van der Waals surface area contributed by atoms with Crippen molar-refractivity contribution in [3.63, 3.8) is 0 Å². The van der Waals surface area contributed by atoms with E-state index in [9.17, 15) is 14.7 Å². The van der Waals surface area contributed by atoms with Crippen LogP contribution >= 0.6 is 0 Å². The molecule has 1 N–H and O–H groups in total. The van der Waals surface area contributed by atoms with Crippen LogP contribution in [0.2, 0.25) is 0 Å². The highest BCUT2D eigenvalue weighted by Gasteiger charge is 2.48. The molecule has 0 aliphatic carbocycles. The van der Waals surface area contributed by atoms with Crippen molar-refractivity contribution in [2.75, 3.05) is 20.3 Å². The van der Waals surface area contributed by atoms with Crippen LogP contribution < -0.4 is 9.47 Å². The molecule has 0 spiro atoms. The van der Waals surface area contributed by atoms with Crippen molar-refractivity contribution < 1.29 is 28.9 Å². The van der Waals surface area contributed by atoms with E-state index in [-0.39, 0.29) is 30.1 Å². The van der Waals surface area contributed by atoms with Crippen molar-refractivity contribution >= 4 is 17.4 Å². The third-order valence-corrected chi connectivity index (χ3v) is 5.88. The van der Waals surface area contributed by atoms with Crippen molar-refractivity contribution in [3.8, 4) is 11.5 Å². The number of Topliss-reactive ketones (excluding diaryl/α,β-unsaturated/α-hetero) is 1. The summed E-state index contributed by atoms with van der Waals surface area (Å²) in [6.07, 6.45) is 1.53. The first-order valence-electron chi connectivity index (χ1n) is 11.2. The number of carbonyl (C=O) groups is 2. The predicted octanol–water partition coefficient (Wildman–Crippen LogP) is 4.08. The van der Waals surface area contributed by atoms with E-state index >= 15 is 0 Å². The second-order valence-corrected chi connectivity index (χ2v) is 8.52. The molecule has 2 fully saturated rings. The molecule has 174 valence electrons. The van der Waals surface area contributed by atoms with Crippen LogP contribution in [0.4, 0.5) is 0 Å². The number of ether oxygens (including phenoxy) is 3. The molecule has 0 aromatic heterocycles.